The molecule has 0 aromatic carbocycles. The van der Waals surface area contributed by atoms with Crippen LogP contribution in [0.2, 0.25) is 5.02 Å². The Kier molecular flexibility index (Phi) is 4.66. The fourth-order valence-corrected chi connectivity index (χ4v) is 1.73. The minimum atomic E-state index is 0.153. The van der Waals surface area contributed by atoms with E-state index in [4.69, 9.17) is 23.2 Å². The average molecular weight is 233 g/mol. The summed E-state index contributed by atoms with van der Waals surface area (Å²) in [5.41, 5.74) is 1.08. The van der Waals surface area contributed by atoms with Gasteiger partial charge in [-0.05, 0) is 25.6 Å². The highest BCUT2D eigenvalue weighted by molar-refractivity contribution is 6.31. The molecule has 0 amide bonds. The summed E-state index contributed by atoms with van der Waals surface area (Å²) in [5.74, 6) is 0. The zero-order valence-electron chi connectivity index (χ0n) is 8.37. The van der Waals surface area contributed by atoms with Gasteiger partial charge in [0.1, 0.15) is 0 Å². The van der Waals surface area contributed by atoms with E-state index in [1.54, 1.807) is 12.4 Å². The molecule has 14 heavy (non-hydrogen) atoms. The van der Waals surface area contributed by atoms with Crippen LogP contribution in [0.4, 0.5) is 0 Å². The van der Waals surface area contributed by atoms with Gasteiger partial charge in [0.2, 0.25) is 0 Å². The number of hydrogen-bond donors (Lipinski definition) is 0. The van der Waals surface area contributed by atoms with E-state index < -0.39 is 0 Å². The van der Waals surface area contributed by atoms with Crippen LogP contribution in [0, 0.1) is 0 Å². The number of halogens is 2. The van der Waals surface area contributed by atoms with Crippen LogP contribution in [-0.2, 0) is 6.54 Å². The van der Waals surface area contributed by atoms with E-state index in [2.05, 4.69) is 9.88 Å². The van der Waals surface area contributed by atoms with Crippen molar-refractivity contribution in [1.29, 1.82) is 0 Å². The second kappa shape index (κ2) is 5.54. The molecule has 1 unspecified atom stereocenters. The Balaban J connectivity index is 2.56. The Morgan fingerprint density at radius 3 is 2.86 bits per heavy atom. The fourth-order valence-electron chi connectivity index (χ4n) is 1.32. The van der Waals surface area contributed by atoms with E-state index in [0.29, 0.717) is 5.02 Å². The maximum Gasteiger partial charge on any atom is 0.0634 e. The minimum absolute atomic E-state index is 0.153. The third-order valence-corrected chi connectivity index (χ3v) is 2.34. The lowest BCUT2D eigenvalue weighted by Crippen LogP contribution is -2.24. The molecule has 0 saturated carbocycles. The van der Waals surface area contributed by atoms with Gasteiger partial charge in [0, 0.05) is 30.9 Å². The molecule has 0 aliphatic carbocycles. The first-order valence-electron chi connectivity index (χ1n) is 4.50. The molecule has 0 N–H and O–H groups in total. The number of rotatable bonds is 4. The summed E-state index contributed by atoms with van der Waals surface area (Å²) in [4.78, 5) is 6.07. The normalized spacial score (nSPS) is 13.2. The first kappa shape index (κ1) is 11.8. The highest BCUT2D eigenvalue weighted by Crippen LogP contribution is 2.15. The third kappa shape index (κ3) is 3.82. The van der Waals surface area contributed by atoms with Crippen LogP contribution in [0.5, 0.6) is 0 Å². The molecular weight excluding hydrogens is 219 g/mol. The fraction of sp³-hybridized carbons (Fsp3) is 0.500. The van der Waals surface area contributed by atoms with Gasteiger partial charge in [-0.15, -0.1) is 11.6 Å². The number of pyridine rings is 1. The molecule has 1 rings (SSSR count). The summed E-state index contributed by atoms with van der Waals surface area (Å²) < 4.78 is 0. The Bertz CT molecular complexity index is 289. The maximum absolute atomic E-state index is 5.98. The number of alkyl halides is 1. The SMILES string of the molecule is CC(Cl)CN(C)Cc1ccncc1Cl. The van der Waals surface area contributed by atoms with E-state index in [9.17, 15) is 0 Å². The molecule has 1 atom stereocenters. The number of nitrogens with zero attached hydrogens (tertiary/aromatic N) is 2. The van der Waals surface area contributed by atoms with E-state index in [0.717, 1.165) is 18.7 Å². The lowest BCUT2D eigenvalue weighted by Gasteiger charge is -2.18. The van der Waals surface area contributed by atoms with Crippen LogP contribution >= 0.6 is 23.2 Å². The summed E-state index contributed by atoms with van der Waals surface area (Å²) in [7, 11) is 2.02. The number of hydrogen-bond acceptors (Lipinski definition) is 2. The predicted octanol–water partition coefficient (Wildman–Crippen LogP) is 2.79. The van der Waals surface area contributed by atoms with Gasteiger partial charge in [-0.3, -0.25) is 4.98 Å². The largest absolute Gasteiger partial charge is 0.301 e. The molecule has 1 heterocycles. The molecule has 0 bridgehead atoms. The zero-order valence-corrected chi connectivity index (χ0v) is 9.89. The minimum Gasteiger partial charge on any atom is -0.301 e. The highest BCUT2D eigenvalue weighted by atomic mass is 35.5. The summed E-state index contributed by atoms with van der Waals surface area (Å²) >= 11 is 11.9. The van der Waals surface area contributed by atoms with Gasteiger partial charge < -0.3 is 4.90 Å². The molecular formula is C10H14Cl2N2. The van der Waals surface area contributed by atoms with Crippen molar-refractivity contribution in [3.63, 3.8) is 0 Å². The molecule has 0 spiro atoms. The van der Waals surface area contributed by atoms with Gasteiger partial charge in [0.25, 0.3) is 0 Å². The summed E-state index contributed by atoms with van der Waals surface area (Å²) in [6, 6.07) is 1.93. The van der Waals surface area contributed by atoms with Gasteiger partial charge in [-0.1, -0.05) is 11.6 Å². The zero-order chi connectivity index (χ0) is 10.6. The highest BCUT2D eigenvalue weighted by Gasteiger charge is 2.06. The summed E-state index contributed by atoms with van der Waals surface area (Å²) in [6.07, 6.45) is 3.41. The molecule has 78 valence electrons. The molecule has 0 radical (unpaired) electrons. The van der Waals surface area contributed by atoms with Crippen molar-refractivity contribution in [3.05, 3.63) is 29.0 Å². The molecule has 2 nitrogen and oxygen atoms in total. The Labute approximate surface area is 94.8 Å². The average Bonchev–Trinajstić information content (AvgIpc) is 2.07. The van der Waals surface area contributed by atoms with Crippen molar-refractivity contribution in [2.45, 2.75) is 18.8 Å². The van der Waals surface area contributed by atoms with Crippen LogP contribution in [0.3, 0.4) is 0 Å². The van der Waals surface area contributed by atoms with Crippen molar-refractivity contribution in [3.8, 4) is 0 Å². The van der Waals surface area contributed by atoms with E-state index >= 15 is 0 Å². The molecule has 0 saturated heterocycles. The topological polar surface area (TPSA) is 16.1 Å². The molecule has 1 aromatic heterocycles. The van der Waals surface area contributed by atoms with E-state index in [1.165, 1.54) is 0 Å². The van der Waals surface area contributed by atoms with Crippen LogP contribution in [-0.4, -0.2) is 28.9 Å². The third-order valence-electron chi connectivity index (χ3n) is 1.86. The van der Waals surface area contributed by atoms with Crippen molar-refractivity contribution in [1.82, 2.24) is 9.88 Å². The summed E-state index contributed by atoms with van der Waals surface area (Å²) in [6.45, 7) is 3.63. The second-order valence-electron chi connectivity index (χ2n) is 3.44. The van der Waals surface area contributed by atoms with Crippen molar-refractivity contribution >= 4 is 23.2 Å². The van der Waals surface area contributed by atoms with E-state index in [1.807, 2.05) is 20.0 Å². The lowest BCUT2D eigenvalue weighted by atomic mass is 10.2. The van der Waals surface area contributed by atoms with Gasteiger partial charge in [-0.2, -0.15) is 0 Å². The molecule has 0 fully saturated rings. The standard InChI is InChI=1S/C10H14Cl2N2/c1-8(11)6-14(2)7-9-3-4-13-5-10(9)12/h3-5,8H,6-7H2,1-2H3. The van der Waals surface area contributed by atoms with Crippen LogP contribution in [0.15, 0.2) is 18.5 Å². The van der Waals surface area contributed by atoms with Crippen LogP contribution in [0.1, 0.15) is 12.5 Å². The first-order chi connectivity index (χ1) is 6.59. The molecule has 4 heteroatoms. The van der Waals surface area contributed by atoms with Gasteiger partial charge in [0.15, 0.2) is 0 Å². The van der Waals surface area contributed by atoms with E-state index in [-0.39, 0.29) is 5.38 Å². The van der Waals surface area contributed by atoms with Crippen LogP contribution in [0.25, 0.3) is 0 Å². The monoisotopic (exact) mass is 232 g/mol. The maximum atomic E-state index is 5.98. The first-order valence-corrected chi connectivity index (χ1v) is 5.32. The number of aromatic nitrogens is 1. The van der Waals surface area contributed by atoms with Crippen molar-refractivity contribution < 1.29 is 0 Å². The predicted molar refractivity (Wildman–Crippen MR) is 60.9 cm³/mol. The molecule has 0 aliphatic heterocycles. The van der Waals surface area contributed by atoms with Gasteiger partial charge in [0.05, 0.1) is 5.02 Å². The summed E-state index contributed by atoms with van der Waals surface area (Å²) in [5, 5.41) is 0.863. The Morgan fingerprint density at radius 2 is 2.29 bits per heavy atom. The second-order valence-corrected chi connectivity index (χ2v) is 4.60. The van der Waals surface area contributed by atoms with Gasteiger partial charge >= 0.3 is 0 Å². The smallest absolute Gasteiger partial charge is 0.0634 e. The molecule has 1 aromatic rings. The quantitative estimate of drug-likeness (QED) is 0.743. The van der Waals surface area contributed by atoms with Crippen LogP contribution < -0.4 is 0 Å². The Morgan fingerprint density at radius 1 is 1.57 bits per heavy atom. The van der Waals surface area contributed by atoms with Gasteiger partial charge in [-0.25, -0.2) is 0 Å². The van der Waals surface area contributed by atoms with Crippen molar-refractivity contribution in [2.24, 2.45) is 0 Å². The Hall–Kier alpha value is -0.310. The lowest BCUT2D eigenvalue weighted by molar-refractivity contribution is 0.330. The van der Waals surface area contributed by atoms with Crippen molar-refractivity contribution in [2.75, 3.05) is 13.6 Å². The molecule has 0 aliphatic rings.